The first-order chi connectivity index (χ1) is 8.12. The van der Waals surface area contributed by atoms with Gasteiger partial charge in [0.2, 0.25) is 0 Å². The average molecular weight is 281 g/mol. The van der Waals surface area contributed by atoms with E-state index in [1.807, 2.05) is 0 Å². The Balaban J connectivity index is 2.78. The lowest BCUT2D eigenvalue weighted by atomic mass is 10.5. The Kier molecular flexibility index (Phi) is 5.73. The molecule has 0 aliphatic carbocycles. The van der Waals surface area contributed by atoms with Crippen LogP contribution in [-0.4, -0.2) is 70.4 Å². The van der Waals surface area contributed by atoms with Crippen LogP contribution >= 0.6 is 0 Å². The number of rotatable bonds is 7. The van der Waals surface area contributed by atoms with Gasteiger partial charge in [0.05, 0.1) is 6.17 Å². The minimum atomic E-state index is -2.60. The summed E-state index contributed by atoms with van der Waals surface area (Å²) in [7, 11) is 3.45. The van der Waals surface area contributed by atoms with Gasteiger partial charge < -0.3 is 22.1 Å². The van der Waals surface area contributed by atoms with Crippen molar-refractivity contribution >= 4 is 17.5 Å². The Bertz CT molecular complexity index is 227. The molecule has 0 radical (unpaired) electrons. The van der Waals surface area contributed by atoms with Crippen LogP contribution in [0.3, 0.4) is 0 Å². The van der Waals surface area contributed by atoms with Crippen molar-refractivity contribution in [2.24, 2.45) is 0 Å². The molecule has 8 heteroatoms. The van der Waals surface area contributed by atoms with Crippen molar-refractivity contribution < 1.29 is 22.1 Å². The van der Waals surface area contributed by atoms with Gasteiger partial charge in [-0.25, -0.2) is 0 Å². The Hall–Kier alpha value is 0.194. The highest BCUT2D eigenvalue weighted by molar-refractivity contribution is 6.68. The highest BCUT2D eigenvalue weighted by atomic mass is 28.4. The van der Waals surface area contributed by atoms with Gasteiger partial charge in [-0.15, -0.1) is 0 Å². The van der Waals surface area contributed by atoms with E-state index in [4.69, 9.17) is 22.1 Å². The van der Waals surface area contributed by atoms with Crippen LogP contribution in [0.2, 0.25) is 6.04 Å². The second-order valence-electron chi connectivity index (χ2n) is 3.94. The first-order valence-electron chi connectivity index (χ1n) is 5.63. The third-order valence-electron chi connectivity index (χ3n) is 3.36. The molecule has 1 rings (SSSR count). The van der Waals surface area contributed by atoms with Gasteiger partial charge in [-0.2, -0.15) is 0 Å². The quantitative estimate of drug-likeness (QED) is 0.627. The SMILES string of the molecule is CO[Si](CN1CCC[Si]1(OC)OC)(OC)OC. The highest BCUT2D eigenvalue weighted by Gasteiger charge is 2.53. The maximum atomic E-state index is 5.64. The van der Waals surface area contributed by atoms with Gasteiger partial charge in [0, 0.05) is 41.6 Å². The lowest BCUT2D eigenvalue weighted by Gasteiger charge is -2.36. The van der Waals surface area contributed by atoms with Crippen molar-refractivity contribution in [3.05, 3.63) is 0 Å². The fourth-order valence-electron chi connectivity index (χ4n) is 2.24. The zero-order valence-corrected chi connectivity index (χ0v) is 13.3. The summed E-state index contributed by atoms with van der Waals surface area (Å²) in [5.74, 6) is 0. The molecule has 0 spiro atoms. The Morgan fingerprint density at radius 3 is 1.94 bits per heavy atom. The molecule has 1 heterocycles. The van der Waals surface area contributed by atoms with E-state index in [1.54, 1.807) is 35.5 Å². The number of hydrogen-bond donors (Lipinski definition) is 0. The van der Waals surface area contributed by atoms with E-state index < -0.39 is 17.5 Å². The Labute approximate surface area is 105 Å². The van der Waals surface area contributed by atoms with E-state index in [1.165, 1.54) is 0 Å². The fourth-order valence-corrected chi connectivity index (χ4v) is 7.81. The summed E-state index contributed by atoms with van der Waals surface area (Å²) < 4.78 is 29.8. The standard InChI is InChI=1S/C9H23NO5Si2/c1-11-16(12-2)8-6-7-10(16)9-17(13-3,14-4)15-5/h6-9H2,1-5H3. The highest BCUT2D eigenvalue weighted by Crippen LogP contribution is 2.28. The predicted octanol–water partition coefficient (Wildman–Crippen LogP) is 0.341. The van der Waals surface area contributed by atoms with Crippen LogP contribution in [-0.2, 0) is 22.1 Å². The van der Waals surface area contributed by atoms with Gasteiger partial charge in [0.1, 0.15) is 0 Å². The van der Waals surface area contributed by atoms with Gasteiger partial charge in [-0.05, 0) is 13.0 Å². The normalized spacial score (nSPS) is 21.0. The molecule has 0 aromatic heterocycles. The molecule has 102 valence electrons. The monoisotopic (exact) mass is 281 g/mol. The van der Waals surface area contributed by atoms with E-state index in [-0.39, 0.29) is 0 Å². The van der Waals surface area contributed by atoms with Gasteiger partial charge >= 0.3 is 17.5 Å². The van der Waals surface area contributed by atoms with Crippen molar-refractivity contribution in [3.8, 4) is 0 Å². The summed E-state index contributed by atoms with van der Waals surface area (Å²) in [6.07, 6.45) is 1.69. The molecule has 1 saturated heterocycles. The van der Waals surface area contributed by atoms with Crippen LogP contribution < -0.4 is 0 Å². The lowest BCUT2D eigenvalue weighted by Crippen LogP contribution is -2.62. The van der Waals surface area contributed by atoms with E-state index >= 15 is 0 Å². The molecule has 6 nitrogen and oxygen atoms in total. The van der Waals surface area contributed by atoms with Crippen molar-refractivity contribution in [2.45, 2.75) is 12.5 Å². The van der Waals surface area contributed by atoms with E-state index in [2.05, 4.69) is 4.57 Å². The van der Waals surface area contributed by atoms with Gasteiger partial charge in [0.25, 0.3) is 0 Å². The maximum absolute atomic E-state index is 5.64. The second-order valence-corrected chi connectivity index (χ2v) is 10.2. The number of hydrogen-bond acceptors (Lipinski definition) is 6. The molecule has 17 heavy (non-hydrogen) atoms. The second kappa shape index (κ2) is 6.39. The molecule has 0 bridgehead atoms. The summed E-state index contributed by atoms with van der Waals surface area (Å²) in [5.41, 5.74) is 0. The van der Waals surface area contributed by atoms with Crippen molar-refractivity contribution in [2.75, 3.05) is 48.3 Å². The zero-order valence-electron chi connectivity index (χ0n) is 11.3. The molecule has 0 aromatic rings. The van der Waals surface area contributed by atoms with Crippen LogP contribution in [0, 0.1) is 0 Å². The predicted molar refractivity (Wildman–Crippen MR) is 67.6 cm³/mol. The first-order valence-corrected chi connectivity index (χ1v) is 9.53. The summed E-state index contributed by atoms with van der Waals surface area (Å²) in [6, 6.07) is 0.974. The van der Waals surface area contributed by atoms with Gasteiger partial charge in [-0.1, -0.05) is 0 Å². The van der Waals surface area contributed by atoms with Crippen LogP contribution in [0.5, 0.6) is 0 Å². The molecule has 0 saturated carbocycles. The van der Waals surface area contributed by atoms with Crippen LogP contribution in [0.4, 0.5) is 0 Å². The van der Waals surface area contributed by atoms with Gasteiger partial charge in [0.15, 0.2) is 0 Å². The van der Waals surface area contributed by atoms with Crippen molar-refractivity contribution in [1.82, 2.24) is 4.57 Å². The maximum Gasteiger partial charge on any atom is 0.514 e. The van der Waals surface area contributed by atoms with E-state index in [0.717, 1.165) is 19.0 Å². The van der Waals surface area contributed by atoms with Crippen LogP contribution in [0.1, 0.15) is 6.42 Å². The Morgan fingerprint density at radius 1 is 1.00 bits per heavy atom. The molecule has 0 unspecified atom stereocenters. The first kappa shape index (κ1) is 15.3. The molecule has 1 fully saturated rings. The number of nitrogens with zero attached hydrogens (tertiary/aromatic N) is 1. The summed E-state index contributed by atoms with van der Waals surface area (Å²) in [5, 5.41) is 0. The molecule has 0 amide bonds. The molecule has 1 aliphatic heterocycles. The largest absolute Gasteiger partial charge is 0.514 e. The average Bonchev–Trinajstić information content (AvgIpc) is 2.79. The van der Waals surface area contributed by atoms with Crippen LogP contribution in [0.15, 0.2) is 0 Å². The summed E-state index contributed by atoms with van der Waals surface area (Å²) >= 11 is 0. The lowest BCUT2D eigenvalue weighted by molar-refractivity contribution is 0.104. The molecular formula is C9H23NO5Si2. The molecule has 1 aliphatic rings. The van der Waals surface area contributed by atoms with Crippen molar-refractivity contribution in [1.29, 1.82) is 0 Å². The van der Waals surface area contributed by atoms with E-state index in [0.29, 0.717) is 6.17 Å². The fraction of sp³-hybridized carbons (Fsp3) is 1.00. The van der Waals surface area contributed by atoms with Gasteiger partial charge in [-0.3, -0.25) is 4.57 Å². The summed E-state index contributed by atoms with van der Waals surface area (Å²) in [6.45, 7) is 0.943. The minimum Gasteiger partial charge on any atom is -0.386 e. The molecular weight excluding hydrogens is 258 g/mol. The molecule has 0 atom stereocenters. The smallest absolute Gasteiger partial charge is 0.386 e. The van der Waals surface area contributed by atoms with Crippen LogP contribution in [0.25, 0.3) is 0 Å². The minimum absolute atomic E-state index is 0.615. The third-order valence-corrected chi connectivity index (χ3v) is 9.92. The van der Waals surface area contributed by atoms with E-state index in [9.17, 15) is 0 Å². The molecule has 0 aromatic carbocycles. The zero-order chi connectivity index (χ0) is 12.9. The van der Waals surface area contributed by atoms with Crippen molar-refractivity contribution in [3.63, 3.8) is 0 Å². The Morgan fingerprint density at radius 2 is 1.53 bits per heavy atom. The topological polar surface area (TPSA) is 49.4 Å². The summed E-state index contributed by atoms with van der Waals surface area (Å²) in [4.78, 5) is 0. The third kappa shape index (κ3) is 2.96. The molecule has 0 N–H and O–H groups in total.